The van der Waals surface area contributed by atoms with Crippen LogP contribution < -0.4 is 10.9 Å². The molecule has 1 atom stereocenters. The maximum absolute atomic E-state index is 12.9. The van der Waals surface area contributed by atoms with Crippen molar-refractivity contribution in [3.63, 3.8) is 0 Å². The minimum atomic E-state index is -0.202. The molecular weight excluding hydrogens is 382 g/mol. The largest absolute Gasteiger partial charge is 0.345 e. The number of carbonyl (C=O) groups excluding carboxylic acids is 1. The first-order valence-corrected chi connectivity index (χ1v) is 9.96. The fourth-order valence-electron chi connectivity index (χ4n) is 3.67. The number of nitrogens with one attached hydrogen (secondary N) is 2. The summed E-state index contributed by atoms with van der Waals surface area (Å²) in [5.74, 6) is -0.202. The molecule has 0 spiro atoms. The van der Waals surface area contributed by atoms with Gasteiger partial charge in [-0.25, -0.2) is 0 Å². The van der Waals surface area contributed by atoms with Crippen LogP contribution in [0.2, 0.25) is 0 Å². The molecule has 5 nitrogen and oxygen atoms in total. The molecule has 1 amide bonds. The molecule has 4 aromatic rings. The lowest BCUT2D eigenvalue weighted by Gasteiger charge is -2.17. The first kappa shape index (κ1) is 19.1. The van der Waals surface area contributed by atoms with Gasteiger partial charge in [0.2, 0.25) is 0 Å². The summed E-state index contributed by atoms with van der Waals surface area (Å²) in [6, 6.07) is 19.0. The zero-order valence-electron chi connectivity index (χ0n) is 16.2. The van der Waals surface area contributed by atoms with Gasteiger partial charge in [0.05, 0.1) is 16.9 Å². The van der Waals surface area contributed by atoms with Crippen LogP contribution in [0.1, 0.15) is 35.8 Å². The lowest BCUT2D eigenvalue weighted by molar-refractivity contribution is 0.0940. The average molecular weight is 404 g/mol. The minimum absolute atomic E-state index is 0.151. The molecule has 1 aromatic heterocycles. The van der Waals surface area contributed by atoms with Gasteiger partial charge in [-0.2, -0.15) is 0 Å². The Hall–Kier alpha value is -3.25. The number of H-pyrrole nitrogens is 1. The van der Waals surface area contributed by atoms with E-state index in [2.05, 4.69) is 28.5 Å². The molecular formula is C23H21N3O2S. The number of rotatable bonds is 4. The first-order chi connectivity index (χ1) is 14.0. The number of aromatic nitrogens is 2. The number of aromatic amines is 1. The fourth-order valence-corrected chi connectivity index (χ4v) is 3.99. The van der Waals surface area contributed by atoms with E-state index in [9.17, 15) is 9.59 Å². The van der Waals surface area contributed by atoms with Crippen molar-refractivity contribution in [1.82, 2.24) is 14.9 Å². The Balaban J connectivity index is 1.67. The lowest BCUT2D eigenvalue weighted by atomic mass is 9.99. The summed E-state index contributed by atoms with van der Waals surface area (Å²) in [6.45, 7) is 4.33. The van der Waals surface area contributed by atoms with Crippen molar-refractivity contribution >= 4 is 39.8 Å². The van der Waals surface area contributed by atoms with Crippen molar-refractivity contribution in [2.24, 2.45) is 0 Å². The molecule has 0 aliphatic carbocycles. The van der Waals surface area contributed by atoms with Gasteiger partial charge in [-0.1, -0.05) is 42.5 Å². The zero-order valence-corrected chi connectivity index (χ0v) is 17.0. The van der Waals surface area contributed by atoms with Crippen LogP contribution in [-0.4, -0.2) is 15.5 Å². The highest BCUT2D eigenvalue weighted by Crippen LogP contribution is 2.24. The van der Waals surface area contributed by atoms with Crippen molar-refractivity contribution in [2.75, 3.05) is 0 Å². The monoisotopic (exact) mass is 403 g/mol. The van der Waals surface area contributed by atoms with Crippen LogP contribution in [0.5, 0.6) is 0 Å². The van der Waals surface area contributed by atoms with Crippen LogP contribution in [0.4, 0.5) is 0 Å². The molecule has 4 rings (SSSR count). The van der Waals surface area contributed by atoms with Crippen molar-refractivity contribution in [3.05, 3.63) is 86.9 Å². The van der Waals surface area contributed by atoms with Crippen LogP contribution in [0, 0.1) is 4.77 Å². The molecule has 29 heavy (non-hydrogen) atoms. The molecule has 1 unspecified atom stereocenters. The second-order valence-electron chi connectivity index (χ2n) is 7.00. The third-order valence-corrected chi connectivity index (χ3v) is 5.52. The van der Waals surface area contributed by atoms with E-state index in [0.29, 0.717) is 27.8 Å². The lowest BCUT2D eigenvalue weighted by Crippen LogP contribution is -2.27. The van der Waals surface area contributed by atoms with Gasteiger partial charge in [-0.15, -0.1) is 0 Å². The Morgan fingerprint density at radius 1 is 1.10 bits per heavy atom. The predicted molar refractivity (Wildman–Crippen MR) is 119 cm³/mol. The second kappa shape index (κ2) is 7.64. The smallest absolute Gasteiger partial charge is 0.262 e. The Kier molecular flexibility index (Phi) is 5.03. The number of benzene rings is 3. The maximum atomic E-state index is 12.9. The third kappa shape index (κ3) is 3.47. The summed E-state index contributed by atoms with van der Waals surface area (Å²) >= 11 is 5.26. The van der Waals surface area contributed by atoms with Crippen molar-refractivity contribution < 1.29 is 4.79 Å². The zero-order chi connectivity index (χ0) is 20.5. The highest BCUT2D eigenvalue weighted by molar-refractivity contribution is 7.71. The quantitative estimate of drug-likeness (QED) is 0.485. The van der Waals surface area contributed by atoms with E-state index < -0.39 is 0 Å². The molecule has 0 aliphatic rings. The minimum Gasteiger partial charge on any atom is -0.345 e. The number of hydrogen-bond acceptors (Lipinski definition) is 3. The molecule has 0 saturated heterocycles. The normalized spacial score (nSPS) is 12.2. The molecule has 0 saturated carbocycles. The van der Waals surface area contributed by atoms with E-state index in [1.54, 1.807) is 18.2 Å². The van der Waals surface area contributed by atoms with E-state index in [1.165, 1.54) is 4.57 Å². The summed E-state index contributed by atoms with van der Waals surface area (Å²) in [6.07, 6.45) is 0. The third-order valence-electron chi connectivity index (χ3n) is 5.20. The van der Waals surface area contributed by atoms with Crippen LogP contribution in [0.15, 0.2) is 65.5 Å². The topological polar surface area (TPSA) is 66.9 Å². The molecule has 2 N–H and O–H groups in total. The number of nitrogens with zero attached hydrogens (tertiary/aromatic N) is 1. The van der Waals surface area contributed by atoms with Crippen LogP contribution >= 0.6 is 12.2 Å². The SMILES string of the molecule is CCn1c(=S)[nH]c2cc(C(=O)NC(C)c3cccc4ccccc34)ccc2c1=O. The van der Waals surface area contributed by atoms with E-state index in [4.69, 9.17) is 12.2 Å². The Labute approximate surface area is 173 Å². The summed E-state index contributed by atoms with van der Waals surface area (Å²) in [4.78, 5) is 28.4. The Morgan fingerprint density at radius 3 is 2.66 bits per heavy atom. The summed E-state index contributed by atoms with van der Waals surface area (Å²) in [5.41, 5.74) is 1.95. The van der Waals surface area contributed by atoms with Crippen molar-refractivity contribution in [1.29, 1.82) is 0 Å². The number of fused-ring (bicyclic) bond motifs is 2. The van der Waals surface area contributed by atoms with E-state index in [1.807, 2.05) is 38.1 Å². The molecule has 146 valence electrons. The maximum Gasteiger partial charge on any atom is 0.262 e. The first-order valence-electron chi connectivity index (χ1n) is 9.55. The van der Waals surface area contributed by atoms with Gasteiger partial charge in [0.25, 0.3) is 11.5 Å². The van der Waals surface area contributed by atoms with Crippen LogP contribution in [0.3, 0.4) is 0 Å². The van der Waals surface area contributed by atoms with Crippen molar-refractivity contribution in [2.45, 2.75) is 26.4 Å². The number of hydrogen-bond donors (Lipinski definition) is 2. The molecule has 0 radical (unpaired) electrons. The molecule has 6 heteroatoms. The molecule has 0 aliphatic heterocycles. The predicted octanol–water partition coefficient (Wildman–Crippen LogP) is 4.72. The van der Waals surface area contributed by atoms with E-state index in [0.717, 1.165) is 16.3 Å². The van der Waals surface area contributed by atoms with E-state index in [-0.39, 0.29) is 17.5 Å². The van der Waals surface area contributed by atoms with Crippen LogP contribution in [0.25, 0.3) is 21.7 Å². The highest BCUT2D eigenvalue weighted by atomic mass is 32.1. The number of amides is 1. The average Bonchev–Trinajstić information content (AvgIpc) is 2.73. The van der Waals surface area contributed by atoms with Gasteiger partial charge < -0.3 is 10.3 Å². The standard InChI is InChI=1S/C23H21N3O2S/c1-3-26-22(28)19-12-11-16(13-20(19)25-23(26)29)21(27)24-14(2)17-10-6-8-15-7-4-5-9-18(15)17/h4-14H,3H2,1-2H3,(H,24,27)(H,25,29). The van der Waals surface area contributed by atoms with Gasteiger partial charge in [0, 0.05) is 12.1 Å². The Morgan fingerprint density at radius 2 is 1.86 bits per heavy atom. The molecule has 0 fully saturated rings. The summed E-state index contributed by atoms with van der Waals surface area (Å²) < 4.78 is 1.85. The van der Waals surface area contributed by atoms with Crippen molar-refractivity contribution in [3.8, 4) is 0 Å². The van der Waals surface area contributed by atoms with Gasteiger partial charge in [0.1, 0.15) is 0 Å². The Bertz CT molecular complexity index is 1350. The second-order valence-corrected chi connectivity index (χ2v) is 7.39. The molecule has 1 heterocycles. The fraction of sp³-hybridized carbons (Fsp3) is 0.174. The highest BCUT2D eigenvalue weighted by Gasteiger charge is 2.15. The summed E-state index contributed by atoms with van der Waals surface area (Å²) in [5, 5.41) is 5.82. The van der Waals surface area contributed by atoms with Crippen LogP contribution in [-0.2, 0) is 6.54 Å². The van der Waals surface area contributed by atoms with Gasteiger partial charge >= 0.3 is 0 Å². The number of carbonyl (C=O) groups is 1. The summed E-state index contributed by atoms with van der Waals surface area (Å²) in [7, 11) is 0. The molecule has 3 aromatic carbocycles. The van der Waals surface area contributed by atoms with Gasteiger partial charge in [-0.05, 0) is 60.6 Å². The van der Waals surface area contributed by atoms with Gasteiger partial charge in [-0.3, -0.25) is 14.2 Å². The molecule has 0 bridgehead atoms. The van der Waals surface area contributed by atoms with E-state index >= 15 is 0 Å². The van der Waals surface area contributed by atoms with Gasteiger partial charge in [0.15, 0.2) is 4.77 Å².